The molecule has 1 rings (SSSR count). The Morgan fingerprint density at radius 2 is 1.83 bits per heavy atom. The summed E-state index contributed by atoms with van der Waals surface area (Å²) in [6, 6.07) is 0.0324. The van der Waals surface area contributed by atoms with Crippen molar-refractivity contribution < 1.29 is 9.59 Å². The fourth-order valence-corrected chi connectivity index (χ4v) is 1.39. The Hall–Kier alpha value is -1.12. The van der Waals surface area contributed by atoms with E-state index in [2.05, 4.69) is 0 Å². The molecule has 0 saturated carbocycles. The highest BCUT2D eigenvalue weighted by Gasteiger charge is 2.27. The van der Waals surface area contributed by atoms with Crippen LogP contribution in [0.25, 0.3) is 0 Å². The van der Waals surface area contributed by atoms with Crippen LogP contribution in [0, 0.1) is 0 Å². The zero-order valence-electron chi connectivity index (χ0n) is 7.41. The van der Waals surface area contributed by atoms with Gasteiger partial charge in [-0.05, 0) is 13.3 Å². The van der Waals surface area contributed by atoms with Gasteiger partial charge in [0.1, 0.15) is 0 Å². The summed E-state index contributed by atoms with van der Waals surface area (Å²) in [7, 11) is 0. The van der Waals surface area contributed by atoms with Crippen LogP contribution in [0.4, 0.5) is 0 Å². The first-order chi connectivity index (χ1) is 5.66. The van der Waals surface area contributed by atoms with Crippen LogP contribution in [0.3, 0.4) is 0 Å². The Balaban J connectivity index is 2.63. The van der Waals surface area contributed by atoms with Crippen LogP contribution in [0.15, 0.2) is 12.2 Å². The van der Waals surface area contributed by atoms with Crippen molar-refractivity contribution in [1.82, 2.24) is 4.90 Å². The van der Waals surface area contributed by atoms with Crippen LogP contribution in [0.1, 0.15) is 26.7 Å². The quantitative estimate of drug-likeness (QED) is 0.590. The van der Waals surface area contributed by atoms with Gasteiger partial charge in [0.05, 0.1) is 0 Å². The maximum absolute atomic E-state index is 11.1. The number of rotatable bonds is 3. The topological polar surface area (TPSA) is 37.4 Å². The third kappa shape index (κ3) is 1.55. The molecule has 1 aliphatic rings. The predicted molar refractivity (Wildman–Crippen MR) is 45.4 cm³/mol. The number of hydrogen-bond acceptors (Lipinski definition) is 2. The molecule has 0 spiro atoms. The van der Waals surface area contributed by atoms with Crippen molar-refractivity contribution in [3.8, 4) is 0 Å². The van der Waals surface area contributed by atoms with E-state index in [0.29, 0.717) is 0 Å². The smallest absolute Gasteiger partial charge is 0.253 e. The number of amides is 2. The lowest BCUT2D eigenvalue weighted by Gasteiger charge is -2.21. The van der Waals surface area contributed by atoms with Gasteiger partial charge in [-0.25, -0.2) is 0 Å². The molecule has 0 N–H and O–H groups in total. The Labute approximate surface area is 72.0 Å². The zero-order chi connectivity index (χ0) is 9.14. The summed E-state index contributed by atoms with van der Waals surface area (Å²) in [5, 5.41) is 0. The highest BCUT2D eigenvalue weighted by Crippen LogP contribution is 2.12. The largest absolute Gasteiger partial charge is 0.273 e. The van der Waals surface area contributed by atoms with Gasteiger partial charge in [0.25, 0.3) is 11.8 Å². The Kier molecular flexibility index (Phi) is 2.63. The Morgan fingerprint density at radius 1 is 1.33 bits per heavy atom. The molecular formula is C9H13NO2. The highest BCUT2D eigenvalue weighted by molar-refractivity contribution is 6.13. The van der Waals surface area contributed by atoms with E-state index < -0.39 is 0 Å². The van der Waals surface area contributed by atoms with E-state index in [1.165, 1.54) is 17.1 Å². The first-order valence-corrected chi connectivity index (χ1v) is 4.22. The fourth-order valence-electron chi connectivity index (χ4n) is 1.39. The lowest BCUT2D eigenvalue weighted by Crippen LogP contribution is -2.37. The molecule has 1 atom stereocenters. The summed E-state index contributed by atoms with van der Waals surface area (Å²) in [5.41, 5.74) is 0. The number of imide groups is 1. The first kappa shape index (κ1) is 8.97. The van der Waals surface area contributed by atoms with E-state index >= 15 is 0 Å². The van der Waals surface area contributed by atoms with Crippen LogP contribution in [-0.4, -0.2) is 22.8 Å². The van der Waals surface area contributed by atoms with Gasteiger partial charge >= 0.3 is 0 Å². The van der Waals surface area contributed by atoms with Gasteiger partial charge in [-0.3, -0.25) is 14.5 Å². The van der Waals surface area contributed by atoms with E-state index in [4.69, 9.17) is 0 Å². The van der Waals surface area contributed by atoms with Gasteiger partial charge in [-0.15, -0.1) is 0 Å². The molecule has 0 fully saturated rings. The maximum Gasteiger partial charge on any atom is 0.253 e. The molecule has 0 aromatic heterocycles. The van der Waals surface area contributed by atoms with Crippen molar-refractivity contribution in [2.24, 2.45) is 0 Å². The average Bonchev–Trinajstić information content (AvgIpc) is 2.32. The average molecular weight is 167 g/mol. The van der Waals surface area contributed by atoms with E-state index in [1.807, 2.05) is 13.8 Å². The Bertz CT molecular complexity index is 215. The second kappa shape index (κ2) is 3.52. The van der Waals surface area contributed by atoms with Crippen molar-refractivity contribution in [2.45, 2.75) is 32.7 Å². The minimum absolute atomic E-state index is 0.0324. The lowest BCUT2D eigenvalue weighted by molar-refractivity contribution is -0.139. The van der Waals surface area contributed by atoms with Crippen molar-refractivity contribution in [2.75, 3.05) is 0 Å². The molecule has 0 aliphatic carbocycles. The van der Waals surface area contributed by atoms with E-state index in [1.54, 1.807) is 0 Å². The summed E-state index contributed by atoms with van der Waals surface area (Å²) < 4.78 is 0. The molecule has 0 saturated heterocycles. The maximum atomic E-state index is 11.1. The zero-order valence-corrected chi connectivity index (χ0v) is 7.41. The van der Waals surface area contributed by atoms with Crippen molar-refractivity contribution in [3.63, 3.8) is 0 Å². The third-order valence-electron chi connectivity index (χ3n) is 1.99. The van der Waals surface area contributed by atoms with Crippen LogP contribution in [0.2, 0.25) is 0 Å². The number of carbonyl (C=O) groups is 2. The predicted octanol–water partition coefficient (Wildman–Crippen LogP) is 1.10. The molecule has 0 aromatic rings. The molecule has 2 amide bonds. The molecule has 0 radical (unpaired) electrons. The summed E-state index contributed by atoms with van der Waals surface area (Å²) in [6.45, 7) is 3.93. The minimum Gasteiger partial charge on any atom is -0.273 e. The van der Waals surface area contributed by atoms with Crippen molar-refractivity contribution in [3.05, 3.63) is 12.2 Å². The molecule has 1 unspecified atom stereocenters. The van der Waals surface area contributed by atoms with E-state index in [0.717, 1.165) is 12.8 Å². The van der Waals surface area contributed by atoms with E-state index in [-0.39, 0.29) is 17.9 Å². The monoisotopic (exact) mass is 167 g/mol. The van der Waals surface area contributed by atoms with Crippen LogP contribution >= 0.6 is 0 Å². The summed E-state index contributed by atoms with van der Waals surface area (Å²) >= 11 is 0. The standard InChI is InChI=1S/C9H13NO2/c1-3-4-7(2)10-8(11)5-6-9(10)12/h5-7H,3-4H2,1-2H3. The van der Waals surface area contributed by atoms with Gasteiger partial charge in [-0.2, -0.15) is 0 Å². The van der Waals surface area contributed by atoms with Crippen LogP contribution < -0.4 is 0 Å². The number of nitrogens with zero attached hydrogens (tertiary/aromatic N) is 1. The minimum atomic E-state index is -0.180. The second-order valence-corrected chi connectivity index (χ2v) is 3.02. The molecular weight excluding hydrogens is 154 g/mol. The van der Waals surface area contributed by atoms with Gasteiger partial charge in [0.15, 0.2) is 0 Å². The van der Waals surface area contributed by atoms with Gasteiger partial charge in [0.2, 0.25) is 0 Å². The normalized spacial score (nSPS) is 19.0. The van der Waals surface area contributed by atoms with Crippen LogP contribution in [0.5, 0.6) is 0 Å². The molecule has 1 aliphatic heterocycles. The highest BCUT2D eigenvalue weighted by atomic mass is 16.2. The van der Waals surface area contributed by atoms with Crippen molar-refractivity contribution >= 4 is 11.8 Å². The fraction of sp³-hybridized carbons (Fsp3) is 0.556. The first-order valence-electron chi connectivity index (χ1n) is 4.22. The van der Waals surface area contributed by atoms with Gasteiger partial charge < -0.3 is 0 Å². The SMILES string of the molecule is CCCC(C)N1C(=O)C=CC1=O. The number of hydrogen-bond donors (Lipinski definition) is 0. The summed E-state index contributed by atoms with van der Waals surface area (Å²) in [4.78, 5) is 23.5. The third-order valence-corrected chi connectivity index (χ3v) is 1.99. The van der Waals surface area contributed by atoms with Crippen LogP contribution in [-0.2, 0) is 9.59 Å². The Morgan fingerprint density at radius 3 is 2.25 bits per heavy atom. The molecule has 3 nitrogen and oxygen atoms in total. The molecule has 0 bridgehead atoms. The molecule has 1 heterocycles. The molecule has 12 heavy (non-hydrogen) atoms. The lowest BCUT2D eigenvalue weighted by atomic mass is 10.2. The molecule has 66 valence electrons. The van der Waals surface area contributed by atoms with Crippen molar-refractivity contribution in [1.29, 1.82) is 0 Å². The number of carbonyl (C=O) groups excluding carboxylic acids is 2. The van der Waals surface area contributed by atoms with E-state index in [9.17, 15) is 9.59 Å². The summed E-state index contributed by atoms with van der Waals surface area (Å²) in [5.74, 6) is -0.359. The second-order valence-electron chi connectivity index (χ2n) is 3.02. The molecule has 3 heteroatoms. The summed E-state index contributed by atoms with van der Waals surface area (Å²) in [6.07, 6.45) is 4.51. The van der Waals surface area contributed by atoms with Gasteiger partial charge in [-0.1, -0.05) is 13.3 Å². The van der Waals surface area contributed by atoms with Gasteiger partial charge in [0, 0.05) is 18.2 Å². The molecule has 0 aromatic carbocycles.